The van der Waals surface area contributed by atoms with Gasteiger partial charge in [-0.05, 0) is 36.5 Å². The fraction of sp³-hybridized carbons (Fsp3) is 0.350. The average Bonchev–Trinajstić information content (AvgIpc) is 2.57. The van der Waals surface area contributed by atoms with Crippen LogP contribution >= 0.6 is 0 Å². The first-order valence-electron chi connectivity index (χ1n) is 8.46. The molecule has 2 aromatic rings. The zero-order chi connectivity index (χ0) is 16.8. The fourth-order valence-corrected chi connectivity index (χ4v) is 2.90. The molecule has 1 fully saturated rings. The van der Waals surface area contributed by atoms with Crippen LogP contribution in [0, 0.1) is 6.92 Å². The van der Waals surface area contributed by atoms with Gasteiger partial charge in [-0.1, -0.05) is 54.6 Å². The van der Waals surface area contributed by atoms with Crippen molar-refractivity contribution in [3.8, 4) is 0 Å². The van der Waals surface area contributed by atoms with Crippen LogP contribution in [-0.2, 0) is 17.9 Å². The molecule has 2 N–H and O–H groups in total. The molecule has 4 heteroatoms. The van der Waals surface area contributed by atoms with Crippen LogP contribution < -0.4 is 10.6 Å². The predicted molar refractivity (Wildman–Crippen MR) is 94.6 cm³/mol. The predicted octanol–water partition coefficient (Wildman–Crippen LogP) is 3.54. The lowest BCUT2D eigenvalue weighted by Gasteiger charge is -2.36. The van der Waals surface area contributed by atoms with Crippen molar-refractivity contribution >= 4 is 6.09 Å². The minimum atomic E-state index is -0.332. The average molecular weight is 324 g/mol. The Hall–Kier alpha value is -2.33. The Morgan fingerprint density at radius 1 is 1.04 bits per heavy atom. The van der Waals surface area contributed by atoms with Gasteiger partial charge in [0.05, 0.1) is 0 Å². The topological polar surface area (TPSA) is 50.4 Å². The third-order valence-electron chi connectivity index (χ3n) is 4.52. The molecule has 0 aromatic heterocycles. The summed E-state index contributed by atoms with van der Waals surface area (Å²) >= 11 is 0. The van der Waals surface area contributed by atoms with Crippen LogP contribution in [0.4, 0.5) is 4.79 Å². The summed E-state index contributed by atoms with van der Waals surface area (Å²) in [7, 11) is 0. The van der Waals surface area contributed by atoms with E-state index in [2.05, 4.69) is 41.8 Å². The van der Waals surface area contributed by atoms with E-state index in [0.29, 0.717) is 12.6 Å². The number of aryl methyl sites for hydroxylation is 1. The van der Waals surface area contributed by atoms with Crippen LogP contribution in [0.5, 0.6) is 0 Å². The molecule has 1 saturated carbocycles. The standard InChI is InChI=1S/C20H24N2O2/c1-15-7-5-6-10-17(15)13-21-18-11-19(12-18)22-20(23)24-14-16-8-3-2-4-9-16/h2-10,18-19,21H,11-14H2,1H3,(H,22,23). The van der Waals surface area contributed by atoms with Crippen LogP contribution in [0.2, 0.25) is 0 Å². The lowest BCUT2D eigenvalue weighted by molar-refractivity contribution is 0.125. The molecule has 126 valence electrons. The molecule has 0 heterocycles. The van der Waals surface area contributed by atoms with Gasteiger partial charge in [0.15, 0.2) is 0 Å². The Morgan fingerprint density at radius 3 is 2.50 bits per heavy atom. The van der Waals surface area contributed by atoms with Gasteiger partial charge >= 0.3 is 6.09 Å². The molecule has 4 nitrogen and oxygen atoms in total. The molecule has 0 spiro atoms. The van der Waals surface area contributed by atoms with E-state index in [0.717, 1.165) is 24.9 Å². The van der Waals surface area contributed by atoms with E-state index in [9.17, 15) is 4.79 Å². The molecule has 0 aliphatic heterocycles. The normalized spacial score (nSPS) is 19.4. The number of hydrogen-bond acceptors (Lipinski definition) is 3. The maximum atomic E-state index is 11.8. The molecule has 1 aliphatic carbocycles. The van der Waals surface area contributed by atoms with Gasteiger partial charge < -0.3 is 15.4 Å². The minimum absolute atomic E-state index is 0.211. The van der Waals surface area contributed by atoms with E-state index < -0.39 is 0 Å². The summed E-state index contributed by atoms with van der Waals surface area (Å²) in [5, 5.41) is 6.47. The first kappa shape index (κ1) is 16.5. The number of benzene rings is 2. The maximum Gasteiger partial charge on any atom is 0.407 e. The summed E-state index contributed by atoms with van der Waals surface area (Å²) in [5.41, 5.74) is 3.64. The van der Waals surface area contributed by atoms with Crippen LogP contribution in [-0.4, -0.2) is 18.2 Å². The van der Waals surface area contributed by atoms with Crippen molar-refractivity contribution in [1.29, 1.82) is 0 Å². The van der Waals surface area contributed by atoms with Crippen LogP contribution in [0.15, 0.2) is 54.6 Å². The molecule has 3 rings (SSSR count). The first-order chi connectivity index (χ1) is 11.7. The van der Waals surface area contributed by atoms with E-state index in [-0.39, 0.29) is 12.1 Å². The number of ether oxygens (including phenoxy) is 1. The van der Waals surface area contributed by atoms with E-state index >= 15 is 0 Å². The van der Waals surface area contributed by atoms with Crippen LogP contribution in [0.1, 0.15) is 29.5 Å². The van der Waals surface area contributed by atoms with E-state index in [1.54, 1.807) is 0 Å². The lowest BCUT2D eigenvalue weighted by Crippen LogP contribution is -2.52. The number of amides is 1. The highest BCUT2D eigenvalue weighted by molar-refractivity contribution is 5.67. The third kappa shape index (κ3) is 4.59. The zero-order valence-electron chi connectivity index (χ0n) is 14.0. The molecule has 24 heavy (non-hydrogen) atoms. The van der Waals surface area contributed by atoms with Gasteiger partial charge in [0.2, 0.25) is 0 Å². The fourth-order valence-electron chi connectivity index (χ4n) is 2.90. The Labute approximate surface area is 143 Å². The van der Waals surface area contributed by atoms with Gasteiger partial charge in [-0.25, -0.2) is 4.79 Å². The summed E-state index contributed by atoms with van der Waals surface area (Å²) in [6.45, 7) is 3.32. The molecular weight excluding hydrogens is 300 g/mol. The molecular formula is C20H24N2O2. The Bertz CT molecular complexity index is 666. The molecule has 2 aromatic carbocycles. The van der Waals surface area contributed by atoms with Crippen molar-refractivity contribution in [3.63, 3.8) is 0 Å². The van der Waals surface area contributed by atoms with E-state index in [1.807, 2.05) is 30.3 Å². The number of rotatable bonds is 6. The summed E-state index contributed by atoms with van der Waals surface area (Å²) < 4.78 is 5.24. The Balaban J connectivity index is 1.32. The summed E-state index contributed by atoms with van der Waals surface area (Å²) in [4.78, 5) is 11.8. The van der Waals surface area contributed by atoms with Crippen molar-refractivity contribution < 1.29 is 9.53 Å². The largest absolute Gasteiger partial charge is 0.445 e. The quantitative estimate of drug-likeness (QED) is 0.854. The summed E-state index contributed by atoms with van der Waals surface area (Å²) in [5.74, 6) is 0. The van der Waals surface area contributed by atoms with Crippen molar-refractivity contribution in [1.82, 2.24) is 10.6 Å². The van der Waals surface area contributed by atoms with E-state index in [1.165, 1.54) is 11.1 Å². The second kappa shape index (κ2) is 7.97. The van der Waals surface area contributed by atoms with Crippen molar-refractivity contribution in [2.75, 3.05) is 0 Å². The number of carbonyl (C=O) groups is 1. The second-order valence-electron chi connectivity index (χ2n) is 6.38. The van der Waals surface area contributed by atoms with Crippen molar-refractivity contribution in [2.45, 2.75) is 45.0 Å². The highest BCUT2D eigenvalue weighted by atomic mass is 16.5. The van der Waals surface area contributed by atoms with Gasteiger partial charge in [-0.15, -0.1) is 0 Å². The van der Waals surface area contributed by atoms with Gasteiger partial charge in [0.25, 0.3) is 0 Å². The third-order valence-corrected chi connectivity index (χ3v) is 4.52. The van der Waals surface area contributed by atoms with Gasteiger partial charge in [0.1, 0.15) is 6.61 Å². The molecule has 0 unspecified atom stereocenters. The second-order valence-corrected chi connectivity index (χ2v) is 6.38. The van der Waals surface area contributed by atoms with Gasteiger partial charge in [-0.3, -0.25) is 0 Å². The molecule has 1 aliphatic rings. The Kier molecular flexibility index (Phi) is 5.49. The molecule has 0 atom stereocenters. The number of carbonyl (C=O) groups excluding carboxylic acids is 1. The zero-order valence-corrected chi connectivity index (χ0v) is 14.0. The maximum absolute atomic E-state index is 11.8. The number of nitrogens with one attached hydrogen (secondary N) is 2. The summed E-state index contributed by atoms with van der Waals surface area (Å²) in [6, 6.07) is 18.8. The monoisotopic (exact) mass is 324 g/mol. The number of hydrogen-bond donors (Lipinski definition) is 2. The van der Waals surface area contributed by atoms with Crippen LogP contribution in [0.3, 0.4) is 0 Å². The molecule has 1 amide bonds. The SMILES string of the molecule is Cc1ccccc1CNC1CC(NC(=O)OCc2ccccc2)C1. The van der Waals surface area contributed by atoms with Crippen molar-refractivity contribution in [2.24, 2.45) is 0 Å². The summed E-state index contributed by atoms with van der Waals surface area (Å²) in [6.07, 6.45) is 1.57. The van der Waals surface area contributed by atoms with Gasteiger partial charge in [-0.2, -0.15) is 0 Å². The highest BCUT2D eigenvalue weighted by Gasteiger charge is 2.30. The lowest BCUT2D eigenvalue weighted by atomic mass is 9.86. The minimum Gasteiger partial charge on any atom is -0.445 e. The smallest absolute Gasteiger partial charge is 0.407 e. The van der Waals surface area contributed by atoms with Crippen molar-refractivity contribution in [3.05, 3.63) is 71.3 Å². The van der Waals surface area contributed by atoms with E-state index in [4.69, 9.17) is 4.74 Å². The van der Waals surface area contributed by atoms with Crippen LogP contribution in [0.25, 0.3) is 0 Å². The Morgan fingerprint density at radius 2 is 1.75 bits per heavy atom. The van der Waals surface area contributed by atoms with Gasteiger partial charge in [0, 0.05) is 18.6 Å². The highest BCUT2D eigenvalue weighted by Crippen LogP contribution is 2.21. The molecule has 0 saturated heterocycles. The molecule has 0 bridgehead atoms. The molecule has 0 radical (unpaired) electrons. The first-order valence-corrected chi connectivity index (χ1v) is 8.46. The number of alkyl carbamates (subject to hydrolysis) is 1.